The number of aliphatic hydroxyl groups excluding tert-OH is 1. The van der Waals surface area contributed by atoms with Gasteiger partial charge in [0.2, 0.25) is 0 Å². The first-order chi connectivity index (χ1) is 16.1. The largest absolute Gasteiger partial charge is 0.391 e. The first-order valence-corrected chi connectivity index (χ1v) is 11.1. The number of benzene rings is 1. The maximum atomic E-state index is 12.8. The quantitative estimate of drug-likeness (QED) is 0.451. The maximum Gasteiger partial charge on any atom is 0.254 e. The lowest BCUT2D eigenvalue weighted by Crippen LogP contribution is -2.21. The molecule has 3 N–H and O–H groups in total. The molecule has 4 aromatic rings. The van der Waals surface area contributed by atoms with Crippen LogP contribution in [0, 0.1) is 0 Å². The second-order valence-electron chi connectivity index (χ2n) is 8.63. The van der Waals surface area contributed by atoms with Crippen LogP contribution in [0.15, 0.2) is 55.0 Å². The van der Waals surface area contributed by atoms with Crippen molar-refractivity contribution in [3.63, 3.8) is 0 Å². The van der Waals surface area contributed by atoms with Crippen LogP contribution in [-0.4, -0.2) is 44.7 Å². The first kappa shape index (κ1) is 19.8. The summed E-state index contributed by atoms with van der Waals surface area (Å²) in [5.41, 5.74) is 6.36. The molecule has 8 heteroatoms. The van der Waals surface area contributed by atoms with Crippen molar-refractivity contribution in [3.05, 3.63) is 66.1 Å². The summed E-state index contributed by atoms with van der Waals surface area (Å²) in [7, 11) is 1.98. The van der Waals surface area contributed by atoms with Crippen molar-refractivity contribution in [2.45, 2.75) is 19.1 Å². The Morgan fingerprint density at radius 1 is 1.12 bits per heavy atom. The van der Waals surface area contributed by atoms with Gasteiger partial charge < -0.3 is 25.2 Å². The molecule has 0 spiro atoms. The van der Waals surface area contributed by atoms with E-state index in [1.54, 1.807) is 6.20 Å². The van der Waals surface area contributed by atoms with Crippen molar-refractivity contribution < 1.29 is 9.90 Å². The summed E-state index contributed by atoms with van der Waals surface area (Å²) in [5, 5.41) is 17.1. The number of hydrogen-bond donors (Lipinski definition) is 3. The highest BCUT2D eigenvalue weighted by Crippen LogP contribution is 2.37. The number of aromatic nitrogens is 3. The molecule has 0 unspecified atom stereocenters. The average Bonchev–Trinajstić information content (AvgIpc) is 3.54. The topological polar surface area (TPSA) is 95.3 Å². The Hall–Kier alpha value is -3.91. The Morgan fingerprint density at radius 2 is 2.03 bits per heavy atom. The van der Waals surface area contributed by atoms with Gasteiger partial charge in [0.15, 0.2) is 0 Å². The second kappa shape index (κ2) is 7.60. The zero-order valence-corrected chi connectivity index (χ0v) is 18.2. The van der Waals surface area contributed by atoms with Gasteiger partial charge in [-0.1, -0.05) is 6.07 Å². The number of rotatable bonds is 4. The molecular formula is C25H24N6O2. The number of fused-ring (bicyclic) bond motifs is 2. The predicted octanol–water partition coefficient (Wildman–Crippen LogP) is 3.19. The Bertz CT molecular complexity index is 1380. The number of amides is 1. The van der Waals surface area contributed by atoms with Crippen molar-refractivity contribution in [1.82, 2.24) is 19.9 Å². The van der Waals surface area contributed by atoms with E-state index in [4.69, 9.17) is 0 Å². The molecule has 2 aliphatic rings. The van der Waals surface area contributed by atoms with Gasteiger partial charge in [0.25, 0.3) is 5.91 Å². The molecule has 0 saturated carbocycles. The molecule has 1 aromatic carbocycles. The minimum absolute atomic E-state index is 0.0876. The van der Waals surface area contributed by atoms with E-state index in [0.717, 1.165) is 52.1 Å². The van der Waals surface area contributed by atoms with E-state index in [-0.39, 0.29) is 12.0 Å². The Balaban J connectivity index is 1.35. The number of carbonyl (C=O) groups is 1. The van der Waals surface area contributed by atoms with Gasteiger partial charge in [-0.25, -0.2) is 9.97 Å². The zero-order chi connectivity index (χ0) is 22.5. The summed E-state index contributed by atoms with van der Waals surface area (Å²) >= 11 is 0. The lowest BCUT2D eigenvalue weighted by Gasteiger charge is -2.18. The Morgan fingerprint density at radius 3 is 2.82 bits per heavy atom. The van der Waals surface area contributed by atoms with E-state index < -0.39 is 0 Å². The normalized spacial score (nSPS) is 17.5. The fourth-order valence-electron chi connectivity index (χ4n) is 4.87. The molecule has 166 valence electrons. The van der Waals surface area contributed by atoms with Crippen LogP contribution in [0.2, 0.25) is 0 Å². The molecule has 3 aromatic heterocycles. The zero-order valence-electron chi connectivity index (χ0n) is 18.2. The molecule has 1 amide bonds. The van der Waals surface area contributed by atoms with E-state index in [0.29, 0.717) is 24.5 Å². The van der Waals surface area contributed by atoms with Crippen molar-refractivity contribution in [2.75, 3.05) is 23.3 Å². The van der Waals surface area contributed by atoms with E-state index in [2.05, 4.69) is 37.6 Å². The number of nitrogens with zero attached hydrogens (tertiary/aromatic N) is 4. The minimum atomic E-state index is -0.278. The van der Waals surface area contributed by atoms with Gasteiger partial charge in [0.05, 0.1) is 29.2 Å². The molecule has 0 aliphatic carbocycles. The van der Waals surface area contributed by atoms with Crippen LogP contribution in [-0.2, 0) is 13.6 Å². The van der Waals surface area contributed by atoms with Crippen LogP contribution in [0.3, 0.4) is 0 Å². The second-order valence-corrected chi connectivity index (χ2v) is 8.63. The number of aliphatic hydroxyl groups is 1. The first-order valence-electron chi connectivity index (χ1n) is 11.1. The predicted molar refractivity (Wildman–Crippen MR) is 128 cm³/mol. The van der Waals surface area contributed by atoms with Gasteiger partial charge in [-0.2, -0.15) is 0 Å². The molecule has 1 atom stereocenters. The van der Waals surface area contributed by atoms with Crippen LogP contribution in [0.4, 0.5) is 17.2 Å². The lowest BCUT2D eigenvalue weighted by molar-refractivity contribution is 0.0966. The molecule has 5 heterocycles. The number of pyridine rings is 2. The SMILES string of the molecule is Cn1ccc2c(-c3ccc(Nc4ccc(N5CC[C@H](O)C5)cn4)c4c3CNC4=O)ccnc21. The van der Waals surface area contributed by atoms with Crippen LogP contribution in [0.5, 0.6) is 0 Å². The number of aryl methyl sites for hydroxylation is 1. The van der Waals surface area contributed by atoms with Gasteiger partial charge in [-0.3, -0.25) is 4.79 Å². The minimum Gasteiger partial charge on any atom is -0.391 e. The molecule has 33 heavy (non-hydrogen) atoms. The monoisotopic (exact) mass is 440 g/mol. The van der Waals surface area contributed by atoms with Gasteiger partial charge >= 0.3 is 0 Å². The number of anilines is 3. The van der Waals surface area contributed by atoms with Crippen LogP contribution < -0.4 is 15.5 Å². The average molecular weight is 441 g/mol. The molecule has 6 rings (SSSR count). The van der Waals surface area contributed by atoms with E-state index in [9.17, 15) is 9.90 Å². The van der Waals surface area contributed by atoms with Gasteiger partial charge in [-0.05, 0) is 53.4 Å². The third-order valence-electron chi connectivity index (χ3n) is 6.56. The fraction of sp³-hybridized carbons (Fsp3) is 0.240. The van der Waals surface area contributed by atoms with E-state index >= 15 is 0 Å². The number of β-amino-alcohol motifs (C(OH)–C–C–N with tert-alkyl or cyclic N) is 1. The van der Waals surface area contributed by atoms with E-state index in [1.807, 2.05) is 48.3 Å². The van der Waals surface area contributed by atoms with Crippen LogP contribution in [0.1, 0.15) is 22.3 Å². The highest BCUT2D eigenvalue weighted by Gasteiger charge is 2.27. The van der Waals surface area contributed by atoms with Crippen molar-refractivity contribution in [1.29, 1.82) is 0 Å². The summed E-state index contributed by atoms with van der Waals surface area (Å²) in [4.78, 5) is 23.9. The molecular weight excluding hydrogens is 416 g/mol. The number of hydrogen-bond acceptors (Lipinski definition) is 6. The third kappa shape index (κ3) is 3.30. The lowest BCUT2D eigenvalue weighted by atomic mass is 9.94. The van der Waals surface area contributed by atoms with Crippen LogP contribution in [0.25, 0.3) is 22.2 Å². The maximum absolute atomic E-state index is 12.8. The molecule has 1 fully saturated rings. The number of carbonyl (C=O) groups excluding carboxylic acids is 1. The summed E-state index contributed by atoms with van der Waals surface area (Å²) in [6, 6.07) is 12.0. The van der Waals surface area contributed by atoms with Gasteiger partial charge in [0, 0.05) is 44.5 Å². The summed E-state index contributed by atoms with van der Waals surface area (Å²) in [5.74, 6) is 0.581. The van der Waals surface area contributed by atoms with Crippen molar-refractivity contribution >= 4 is 34.1 Å². The Labute approximate surface area is 190 Å². The number of nitrogens with one attached hydrogen (secondary N) is 2. The van der Waals surface area contributed by atoms with Crippen molar-refractivity contribution in [2.24, 2.45) is 7.05 Å². The third-order valence-corrected chi connectivity index (χ3v) is 6.56. The van der Waals surface area contributed by atoms with Gasteiger partial charge in [0.1, 0.15) is 11.5 Å². The molecule has 8 nitrogen and oxygen atoms in total. The fourth-order valence-corrected chi connectivity index (χ4v) is 4.87. The van der Waals surface area contributed by atoms with E-state index in [1.165, 1.54) is 0 Å². The Kier molecular flexibility index (Phi) is 4.55. The molecule has 2 aliphatic heterocycles. The highest BCUT2D eigenvalue weighted by molar-refractivity contribution is 6.07. The molecule has 0 bridgehead atoms. The van der Waals surface area contributed by atoms with Crippen molar-refractivity contribution in [3.8, 4) is 11.1 Å². The standard InChI is InChI=1S/C25H24N6O2/c1-30-10-8-19-18(6-9-26-24(19)30)17-3-4-21(23-20(17)13-28-25(23)33)29-22-5-2-15(12-27-22)31-11-7-16(32)14-31/h2-6,8-10,12,16,32H,7,11,13-14H2,1H3,(H,27,29)(H,28,33)/t16-/m0/s1. The molecule has 0 radical (unpaired) electrons. The smallest absolute Gasteiger partial charge is 0.254 e. The molecule has 1 saturated heterocycles. The summed E-state index contributed by atoms with van der Waals surface area (Å²) in [6.07, 6.45) is 6.11. The highest BCUT2D eigenvalue weighted by atomic mass is 16.3. The van der Waals surface area contributed by atoms with Crippen LogP contribution >= 0.6 is 0 Å². The summed E-state index contributed by atoms with van der Waals surface area (Å²) in [6.45, 7) is 1.95. The van der Waals surface area contributed by atoms with Gasteiger partial charge in [-0.15, -0.1) is 0 Å². The summed E-state index contributed by atoms with van der Waals surface area (Å²) < 4.78 is 2.00.